The van der Waals surface area contributed by atoms with Gasteiger partial charge in [0.05, 0.1) is 22.0 Å². The Hall–Kier alpha value is -0.130. The van der Waals surface area contributed by atoms with E-state index >= 15 is 0 Å². The average molecular weight is 195 g/mol. The summed E-state index contributed by atoms with van der Waals surface area (Å²) in [7, 11) is -4.30. The van der Waals surface area contributed by atoms with Gasteiger partial charge in [-0.1, -0.05) is 20.8 Å². The largest absolute Gasteiger partial charge is 0.748 e. The lowest BCUT2D eigenvalue weighted by Gasteiger charge is -2.22. The van der Waals surface area contributed by atoms with E-state index in [1.54, 1.807) is 0 Å². The van der Waals surface area contributed by atoms with E-state index in [4.69, 9.17) is 5.11 Å². The predicted molar refractivity (Wildman–Crippen MR) is 44.6 cm³/mol. The average Bonchev–Trinajstić information content (AvgIpc) is 1.49. The van der Waals surface area contributed by atoms with Crippen LogP contribution >= 0.6 is 0 Å². The molecule has 0 aliphatic carbocycles. The van der Waals surface area contributed by atoms with Crippen LogP contribution in [0.1, 0.15) is 27.2 Å². The normalized spacial score (nSPS) is 16.1. The zero-order chi connectivity index (χ0) is 9.99. The lowest BCUT2D eigenvalue weighted by atomic mass is 9.90. The van der Waals surface area contributed by atoms with Gasteiger partial charge in [-0.3, -0.25) is 0 Å². The van der Waals surface area contributed by atoms with Crippen molar-refractivity contribution < 1.29 is 18.1 Å². The number of hydrogen-bond donors (Lipinski definition) is 1. The van der Waals surface area contributed by atoms with Crippen molar-refractivity contribution in [2.45, 2.75) is 33.3 Å². The molecule has 0 rings (SSSR count). The Kier molecular flexibility index (Phi) is 3.68. The first kappa shape index (κ1) is 11.9. The Bertz CT molecular complexity index is 224. The summed E-state index contributed by atoms with van der Waals surface area (Å²) in [4.78, 5) is 0. The van der Waals surface area contributed by atoms with E-state index in [0.29, 0.717) is 6.42 Å². The first-order valence-corrected chi connectivity index (χ1v) is 5.29. The number of aliphatic hydroxyl groups excluding tert-OH is 1. The summed E-state index contributed by atoms with van der Waals surface area (Å²) in [6.45, 7) is 5.61. The summed E-state index contributed by atoms with van der Waals surface area (Å²) in [5.41, 5.74) is -0.163. The Morgan fingerprint density at radius 3 is 2.08 bits per heavy atom. The molecule has 0 aromatic heterocycles. The van der Waals surface area contributed by atoms with Gasteiger partial charge in [0.15, 0.2) is 0 Å². The molecule has 0 bridgehead atoms. The molecule has 0 saturated carbocycles. The monoisotopic (exact) mass is 195 g/mol. The molecule has 0 aromatic rings. The van der Waals surface area contributed by atoms with Gasteiger partial charge in [-0.2, -0.15) is 0 Å². The minimum Gasteiger partial charge on any atom is -0.748 e. The molecule has 0 saturated heterocycles. The summed E-state index contributed by atoms with van der Waals surface area (Å²) >= 11 is 0. The zero-order valence-electron chi connectivity index (χ0n) is 7.57. The molecule has 1 unspecified atom stereocenters. The number of aliphatic hydroxyl groups is 1. The fourth-order valence-corrected chi connectivity index (χ4v) is 1.59. The Morgan fingerprint density at radius 1 is 1.42 bits per heavy atom. The maximum atomic E-state index is 10.2. The summed E-state index contributed by atoms with van der Waals surface area (Å²) in [5, 5.41) is 9.14. The minimum absolute atomic E-state index is 0.163. The molecule has 0 heterocycles. The van der Waals surface area contributed by atoms with Crippen molar-refractivity contribution in [1.29, 1.82) is 0 Å². The highest BCUT2D eigenvalue weighted by Gasteiger charge is 2.18. The van der Waals surface area contributed by atoms with E-state index in [1.165, 1.54) is 0 Å². The van der Waals surface area contributed by atoms with Crippen molar-refractivity contribution in [3.05, 3.63) is 0 Å². The Balaban J connectivity index is 4.00. The molecule has 1 N–H and O–H groups in total. The predicted octanol–water partition coefficient (Wildman–Crippen LogP) is 0.329. The summed E-state index contributed by atoms with van der Waals surface area (Å²) < 4.78 is 30.6. The maximum Gasteiger partial charge on any atom is 0.0971 e. The maximum absolute atomic E-state index is 10.2. The van der Waals surface area contributed by atoms with Crippen molar-refractivity contribution in [3.63, 3.8) is 0 Å². The molecule has 0 amide bonds. The van der Waals surface area contributed by atoms with Gasteiger partial charge >= 0.3 is 0 Å². The third-order valence-corrected chi connectivity index (χ3v) is 2.04. The quantitative estimate of drug-likeness (QED) is 0.658. The van der Waals surface area contributed by atoms with Crippen molar-refractivity contribution in [2.24, 2.45) is 5.41 Å². The highest BCUT2D eigenvalue weighted by atomic mass is 32.2. The molecule has 5 heteroatoms. The summed E-state index contributed by atoms with van der Waals surface area (Å²) in [5.74, 6) is -0.690. The van der Waals surface area contributed by atoms with Crippen molar-refractivity contribution in [2.75, 3.05) is 5.75 Å². The van der Waals surface area contributed by atoms with Gasteiger partial charge in [0.25, 0.3) is 0 Å². The van der Waals surface area contributed by atoms with Crippen LogP contribution in [0.25, 0.3) is 0 Å². The first-order valence-electron chi connectivity index (χ1n) is 3.72. The second-order valence-electron chi connectivity index (χ2n) is 4.14. The van der Waals surface area contributed by atoms with Gasteiger partial charge in [-0.05, 0) is 11.8 Å². The molecule has 0 fully saturated rings. The van der Waals surface area contributed by atoms with Crippen LogP contribution in [-0.2, 0) is 10.1 Å². The minimum atomic E-state index is -4.30. The highest BCUT2D eigenvalue weighted by Crippen LogP contribution is 2.21. The van der Waals surface area contributed by atoms with E-state index in [-0.39, 0.29) is 5.41 Å². The second-order valence-corrected chi connectivity index (χ2v) is 5.59. The molecule has 0 spiro atoms. The molecular formula is C7H15O4S-. The van der Waals surface area contributed by atoms with E-state index < -0.39 is 22.0 Å². The molecule has 0 aliphatic rings. The first-order chi connectivity index (χ1) is 5.10. The Morgan fingerprint density at radius 2 is 1.83 bits per heavy atom. The van der Waals surface area contributed by atoms with Gasteiger partial charge in [0.2, 0.25) is 0 Å². The van der Waals surface area contributed by atoms with Crippen LogP contribution in [0, 0.1) is 5.41 Å². The molecular weight excluding hydrogens is 180 g/mol. The molecule has 74 valence electrons. The molecule has 1 atom stereocenters. The third kappa shape index (κ3) is 7.97. The number of hydrogen-bond acceptors (Lipinski definition) is 4. The van der Waals surface area contributed by atoms with Crippen LogP contribution in [0.15, 0.2) is 0 Å². The van der Waals surface area contributed by atoms with Crippen LogP contribution in [-0.4, -0.2) is 29.9 Å². The van der Waals surface area contributed by atoms with Crippen molar-refractivity contribution >= 4 is 10.1 Å². The molecule has 0 aromatic carbocycles. The fourth-order valence-electron chi connectivity index (χ4n) is 1.00. The second kappa shape index (κ2) is 3.72. The third-order valence-electron chi connectivity index (χ3n) is 1.24. The standard InChI is InChI=1S/C7H16O4S/c1-7(2,3)4-6(8)5-12(9,10)11/h6,8H,4-5H2,1-3H3,(H,9,10,11)/p-1. The highest BCUT2D eigenvalue weighted by molar-refractivity contribution is 7.85. The molecule has 4 nitrogen and oxygen atoms in total. The summed E-state index contributed by atoms with van der Waals surface area (Å²) in [6.07, 6.45) is -0.735. The zero-order valence-corrected chi connectivity index (χ0v) is 8.39. The Labute approximate surface area is 73.4 Å². The fraction of sp³-hybridized carbons (Fsp3) is 1.00. The number of rotatable bonds is 3. The van der Waals surface area contributed by atoms with Crippen molar-refractivity contribution in [1.82, 2.24) is 0 Å². The van der Waals surface area contributed by atoms with E-state index in [0.717, 1.165) is 0 Å². The molecule has 0 radical (unpaired) electrons. The molecule has 0 aliphatic heterocycles. The van der Waals surface area contributed by atoms with Gasteiger partial charge in [0, 0.05) is 0 Å². The van der Waals surface area contributed by atoms with Gasteiger partial charge in [-0.15, -0.1) is 0 Å². The van der Waals surface area contributed by atoms with Crippen molar-refractivity contribution in [3.8, 4) is 0 Å². The summed E-state index contributed by atoms with van der Waals surface area (Å²) in [6, 6.07) is 0. The van der Waals surface area contributed by atoms with Crippen LogP contribution in [0.4, 0.5) is 0 Å². The van der Waals surface area contributed by atoms with Gasteiger partial charge in [0.1, 0.15) is 0 Å². The lowest BCUT2D eigenvalue weighted by molar-refractivity contribution is 0.138. The van der Waals surface area contributed by atoms with Gasteiger partial charge in [-0.25, -0.2) is 8.42 Å². The van der Waals surface area contributed by atoms with Crippen LogP contribution in [0.3, 0.4) is 0 Å². The van der Waals surface area contributed by atoms with E-state index in [9.17, 15) is 13.0 Å². The topological polar surface area (TPSA) is 77.4 Å². The lowest BCUT2D eigenvalue weighted by Crippen LogP contribution is -2.25. The van der Waals surface area contributed by atoms with Crippen LogP contribution in [0.5, 0.6) is 0 Å². The van der Waals surface area contributed by atoms with E-state index in [2.05, 4.69) is 0 Å². The van der Waals surface area contributed by atoms with Gasteiger partial charge < -0.3 is 9.66 Å². The van der Waals surface area contributed by atoms with E-state index in [1.807, 2.05) is 20.8 Å². The van der Waals surface area contributed by atoms with Crippen LogP contribution in [0.2, 0.25) is 0 Å². The van der Waals surface area contributed by atoms with Crippen LogP contribution < -0.4 is 0 Å². The SMILES string of the molecule is CC(C)(C)CC(O)CS(=O)(=O)[O-]. The molecule has 12 heavy (non-hydrogen) atoms. The smallest absolute Gasteiger partial charge is 0.0971 e.